The van der Waals surface area contributed by atoms with E-state index in [1.54, 1.807) is 4.90 Å². The summed E-state index contributed by atoms with van der Waals surface area (Å²) in [5.41, 5.74) is 0.630. The number of hydrogen-bond donors (Lipinski definition) is 1. The number of alkyl halides is 4. The highest BCUT2D eigenvalue weighted by atomic mass is 19.3. The van der Waals surface area contributed by atoms with E-state index in [4.69, 9.17) is 4.74 Å². The van der Waals surface area contributed by atoms with Gasteiger partial charge >= 0.3 is 6.05 Å². The van der Waals surface area contributed by atoms with E-state index in [0.29, 0.717) is 31.6 Å². The van der Waals surface area contributed by atoms with Crippen molar-refractivity contribution in [2.75, 3.05) is 29.9 Å². The van der Waals surface area contributed by atoms with E-state index in [-0.39, 0.29) is 42.1 Å². The lowest BCUT2D eigenvalue weighted by atomic mass is 10.0. The Morgan fingerprint density at radius 1 is 1.19 bits per heavy atom. The molecule has 4 rings (SSSR count). The van der Waals surface area contributed by atoms with Gasteiger partial charge in [-0.15, -0.1) is 0 Å². The fourth-order valence-corrected chi connectivity index (χ4v) is 4.41. The van der Waals surface area contributed by atoms with Crippen LogP contribution >= 0.6 is 0 Å². The summed E-state index contributed by atoms with van der Waals surface area (Å²) < 4.78 is 86.8. The predicted octanol–water partition coefficient (Wildman–Crippen LogP) is 4.02. The van der Waals surface area contributed by atoms with Gasteiger partial charge in [0.05, 0.1) is 17.9 Å². The number of benzene rings is 1. The summed E-state index contributed by atoms with van der Waals surface area (Å²) in [7, 11) is 0. The second-order valence-electron chi connectivity index (χ2n) is 8.83. The van der Waals surface area contributed by atoms with Crippen LogP contribution in [0.15, 0.2) is 18.2 Å². The van der Waals surface area contributed by atoms with E-state index in [1.807, 2.05) is 0 Å². The standard InChI is InChI=1S/C23H25F6N5O2/c1-13-8-17-18(11-34(13)23(28,29)12-35)32-22(21(31-17)30-10-20(26)27)33-6-4-15(5-7-33)36-19-3-2-14(24)9-16(19)25/h2-3,9,12-13,15,20H,4-8,10-11H2,1H3,(H,30,31). The number of fused-ring (bicyclic) bond motifs is 1. The van der Waals surface area contributed by atoms with Gasteiger partial charge in [-0.05, 0) is 19.1 Å². The molecule has 0 aliphatic carbocycles. The number of carbonyl (C=O) groups is 1. The van der Waals surface area contributed by atoms with E-state index < -0.39 is 43.0 Å². The Hall–Kier alpha value is -3.09. The summed E-state index contributed by atoms with van der Waals surface area (Å²) >= 11 is 0. The molecule has 1 N–H and O–H groups in total. The third kappa shape index (κ3) is 5.66. The molecular formula is C23H25F6N5O2. The zero-order valence-electron chi connectivity index (χ0n) is 19.4. The number of nitrogens with one attached hydrogen (secondary N) is 1. The molecule has 0 radical (unpaired) electrons. The van der Waals surface area contributed by atoms with E-state index in [0.717, 1.165) is 17.0 Å². The molecule has 1 aromatic heterocycles. The van der Waals surface area contributed by atoms with Gasteiger partial charge in [-0.1, -0.05) is 0 Å². The van der Waals surface area contributed by atoms with E-state index in [9.17, 15) is 31.1 Å². The van der Waals surface area contributed by atoms with Gasteiger partial charge < -0.3 is 15.0 Å². The molecule has 1 unspecified atom stereocenters. The molecule has 0 spiro atoms. The average molecular weight is 517 g/mol. The molecule has 2 aromatic rings. The highest BCUT2D eigenvalue weighted by molar-refractivity contribution is 5.63. The maximum atomic E-state index is 14.1. The Morgan fingerprint density at radius 2 is 1.92 bits per heavy atom. The first-order valence-electron chi connectivity index (χ1n) is 11.5. The SMILES string of the molecule is CC1Cc2nc(NCC(F)F)c(N3CCC(Oc4ccc(F)cc4F)CC3)nc2CN1C(F)(F)C=O. The number of aldehydes is 1. The van der Waals surface area contributed by atoms with Crippen molar-refractivity contribution >= 4 is 17.9 Å². The number of ether oxygens (including phenoxy) is 1. The van der Waals surface area contributed by atoms with Crippen molar-refractivity contribution in [3.05, 3.63) is 41.2 Å². The first-order chi connectivity index (χ1) is 17.1. The molecule has 1 saturated heterocycles. The van der Waals surface area contributed by atoms with Crippen molar-refractivity contribution in [3.8, 4) is 5.75 Å². The zero-order valence-corrected chi connectivity index (χ0v) is 19.4. The van der Waals surface area contributed by atoms with E-state index in [1.165, 1.54) is 13.0 Å². The van der Waals surface area contributed by atoms with Crippen LogP contribution in [0.1, 0.15) is 31.2 Å². The first kappa shape index (κ1) is 26.0. The molecule has 13 heteroatoms. The lowest BCUT2D eigenvalue weighted by Gasteiger charge is -2.38. The summed E-state index contributed by atoms with van der Waals surface area (Å²) in [5.74, 6) is -1.27. The number of rotatable bonds is 8. The third-order valence-electron chi connectivity index (χ3n) is 6.25. The Balaban J connectivity index is 1.54. The van der Waals surface area contributed by atoms with Crippen LogP contribution in [-0.2, 0) is 17.8 Å². The molecule has 196 valence electrons. The Labute approximate surface area is 203 Å². The highest BCUT2D eigenvalue weighted by Crippen LogP contribution is 2.34. The van der Waals surface area contributed by atoms with Crippen LogP contribution in [0.2, 0.25) is 0 Å². The number of hydrogen-bond acceptors (Lipinski definition) is 7. The van der Waals surface area contributed by atoms with Crippen molar-refractivity contribution in [1.29, 1.82) is 0 Å². The molecule has 3 heterocycles. The van der Waals surface area contributed by atoms with Crippen molar-refractivity contribution < 1.29 is 35.9 Å². The summed E-state index contributed by atoms with van der Waals surface area (Å²) in [6.45, 7) is 1.20. The molecule has 0 amide bonds. The maximum absolute atomic E-state index is 14.1. The lowest BCUT2D eigenvalue weighted by molar-refractivity contribution is -0.173. The number of aromatic nitrogens is 2. The second-order valence-corrected chi connectivity index (χ2v) is 8.83. The van der Waals surface area contributed by atoms with Crippen molar-refractivity contribution in [2.45, 2.75) is 57.3 Å². The topological polar surface area (TPSA) is 70.6 Å². The van der Waals surface area contributed by atoms with Gasteiger partial charge in [0.1, 0.15) is 11.9 Å². The molecule has 2 aliphatic heterocycles. The van der Waals surface area contributed by atoms with Crippen LogP contribution in [0.5, 0.6) is 5.75 Å². The van der Waals surface area contributed by atoms with Gasteiger partial charge in [0.2, 0.25) is 6.29 Å². The molecular weight excluding hydrogens is 492 g/mol. The molecule has 7 nitrogen and oxygen atoms in total. The monoisotopic (exact) mass is 517 g/mol. The smallest absolute Gasteiger partial charge is 0.361 e. The third-order valence-corrected chi connectivity index (χ3v) is 6.25. The number of anilines is 2. The van der Waals surface area contributed by atoms with Crippen LogP contribution < -0.4 is 15.0 Å². The number of halogens is 6. The van der Waals surface area contributed by atoms with Crippen LogP contribution in [0.25, 0.3) is 0 Å². The molecule has 1 fully saturated rings. The summed E-state index contributed by atoms with van der Waals surface area (Å²) in [6.07, 6.45) is -2.56. The summed E-state index contributed by atoms with van der Waals surface area (Å²) in [5, 5.41) is 2.59. The van der Waals surface area contributed by atoms with Gasteiger partial charge in [-0.25, -0.2) is 32.4 Å². The van der Waals surface area contributed by atoms with E-state index >= 15 is 0 Å². The largest absolute Gasteiger partial charge is 0.487 e. The van der Waals surface area contributed by atoms with Gasteiger partial charge in [-0.3, -0.25) is 4.79 Å². The van der Waals surface area contributed by atoms with Crippen LogP contribution in [-0.4, -0.2) is 65.4 Å². The quantitative estimate of drug-likeness (QED) is 0.322. The summed E-state index contributed by atoms with van der Waals surface area (Å²) in [4.78, 5) is 22.4. The van der Waals surface area contributed by atoms with Gasteiger partial charge in [-0.2, -0.15) is 8.78 Å². The highest BCUT2D eigenvalue weighted by Gasteiger charge is 2.43. The first-order valence-corrected chi connectivity index (χ1v) is 11.5. The van der Waals surface area contributed by atoms with E-state index in [2.05, 4.69) is 15.3 Å². The number of carbonyl (C=O) groups excluding carboxylic acids is 1. The molecule has 1 aromatic carbocycles. The minimum atomic E-state index is -3.68. The molecule has 2 aliphatic rings. The Morgan fingerprint density at radius 3 is 2.56 bits per heavy atom. The Kier molecular flexibility index (Phi) is 7.57. The summed E-state index contributed by atoms with van der Waals surface area (Å²) in [6, 6.07) is -1.38. The van der Waals surface area contributed by atoms with Gasteiger partial charge in [0.15, 0.2) is 23.2 Å². The zero-order chi connectivity index (χ0) is 26.0. The Bertz CT molecular complexity index is 1100. The fraction of sp³-hybridized carbons (Fsp3) is 0.522. The fourth-order valence-electron chi connectivity index (χ4n) is 4.41. The number of nitrogens with zero attached hydrogens (tertiary/aromatic N) is 4. The normalized spacial score (nSPS) is 19.3. The van der Waals surface area contributed by atoms with Crippen LogP contribution in [0, 0.1) is 11.6 Å². The van der Waals surface area contributed by atoms with Crippen molar-refractivity contribution in [2.24, 2.45) is 0 Å². The minimum Gasteiger partial charge on any atom is -0.487 e. The molecule has 36 heavy (non-hydrogen) atoms. The lowest BCUT2D eigenvalue weighted by Crippen LogP contribution is -2.51. The van der Waals surface area contributed by atoms with Gasteiger partial charge in [0.25, 0.3) is 6.43 Å². The predicted molar refractivity (Wildman–Crippen MR) is 118 cm³/mol. The van der Waals surface area contributed by atoms with Crippen LogP contribution in [0.3, 0.4) is 0 Å². The van der Waals surface area contributed by atoms with Crippen LogP contribution in [0.4, 0.5) is 38.0 Å². The second kappa shape index (κ2) is 10.5. The maximum Gasteiger partial charge on any atom is 0.361 e. The minimum absolute atomic E-state index is 0.0640. The van der Waals surface area contributed by atoms with Gasteiger partial charge in [0, 0.05) is 51.0 Å². The average Bonchev–Trinajstić information content (AvgIpc) is 2.84. The van der Waals surface area contributed by atoms with Crippen molar-refractivity contribution in [3.63, 3.8) is 0 Å². The molecule has 0 saturated carbocycles. The van der Waals surface area contributed by atoms with Crippen molar-refractivity contribution in [1.82, 2.24) is 14.9 Å². The molecule has 1 atom stereocenters. The number of piperidine rings is 1. The molecule has 0 bridgehead atoms.